The fourth-order valence-corrected chi connectivity index (χ4v) is 0.990. The van der Waals surface area contributed by atoms with Gasteiger partial charge in [0.15, 0.2) is 6.10 Å². The van der Waals surface area contributed by atoms with E-state index >= 15 is 0 Å². The van der Waals surface area contributed by atoms with Crippen molar-refractivity contribution in [1.82, 2.24) is 4.98 Å². The molecule has 14 heavy (non-hydrogen) atoms. The number of aliphatic hydroxyl groups excluding tert-OH is 2. The van der Waals surface area contributed by atoms with Crippen LogP contribution < -0.4 is 11.5 Å². The minimum atomic E-state index is -1.68. The molecule has 0 aliphatic rings. The molecule has 1 aromatic heterocycles. The second-order valence-corrected chi connectivity index (χ2v) is 2.80. The minimum absolute atomic E-state index is 0.179. The van der Waals surface area contributed by atoms with Crippen molar-refractivity contribution in [2.45, 2.75) is 12.2 Å². The van der Waals surface area contributed by atoms with E-state index < -0.39 is 18.1 Å². The molecular formula is C8H11N3O3. The number of aromatic nitrogens is 1. The maximum absolute atomic E-state index is 10.6. The minimum Gasteiger partial charge on any atom is -0.398 e. The summed E-state index contributed by atoms with van der Waals surface area (Å²) in [4.78, 5) is 14.3. The zero-order valence-corrected chi connectivity index (χ0v) is 7.29. The number of nitrogens with two attached hydrogens (primary N) is 2. The van der Waals surface area contributed by atoms with Gasteiger partial charge in [0.25, 0.3) is 0 Å². The van der Waals surface area contributed by atoms with Gasteiger partial charge in [-0.05, 0) is 6.07 Å². The summed E-state index contributed by atoms with van der Waals surface area (Å²) in [5.74, 6) is -1.01. The molecule has 1 rings (SSSR count). The number of primary amides is 1. The van der Waals surface area contributed by atoms with Crippen molar-refractivity contribution in [3.05, 3.63) is 24.0 Å². The van der Waals surface area contributed by atoms with E-state index in [1.807, 2.05) is 0 Å². The molecule has 6 nitrogen and oxygen atoms in total. The summed E-state index contributed by atoms with van der Waals surface area (Å²) < 4.78 is 0. The van der Waals surface area contributed by atoms with Gasteiger partial charge in [-0.3, -0.25) is 9.78 Å². The Kier molecular flexibility index (Phi) is 3.00. The molecule has 1 amide bonds. The quantitative estimate of drug-likeness (QED) is 0.471. The van der Waals surface area contributed by atoms with Crippen molar-refractivity contribution >= 4 is 11.6 Å². The number of hydrogen-bond donors (Lipinski definition) is 4. The highest BCUT2D eigenvalue weighted by molar-refractivity contribution is 5.79. The van der Waals surface area contributed by atoms with Crippen LogP contribution in [0.1, 0.15) is 11.7 Å². The fourth-order valence-electron chi connectivity index (χ4n) is 0.990. The van der Waals surface area contributed by atoms with Gasteiger partial charge < -0.3 is 21.7 Å². The molecule has 0 spiro atoms. The summed E-state index contributed by atoms with van der Waals surface area (Å²) in [6, 6.07) is 1.45. The Morgan fingerprint density at radius 2 is 2.14 bits per heavy atom. The van der Waals surface area contributed by atoms with Crippen molar-refractivity contribution in [3.63, 3.8) is 0 Å². The first-order valence-corrected chi connectivity index (χ1v) is 3.89. The van der Waals surface area contributed by atoms with Gasteiger partial charge in [-0.15, -0.1) is 0 Å². The van der Waals surface area contributed by atoms with Crippen LogP contribution in [0.4, 0.5) is 5.69 Å². The van der Waals surface area contributed by atoms with Crippen LogP contribution >= 0.6 is 0 Å². The number of aliphatic hydroxyl groups is 2. The molecule has 76 valence electrons. The number of nitrogens with zero attached hydrogens (tertiary/aromatic N) is 1. The number of carbonyl (C=O) groups excluding carboxylic acids is 1. The van der Waals surface area contributed by atoms with E-state index in [1.165, 1.54) is 18.5 Å². The Morgan fingerprint density at radius 1 is 1.50 bits per heavy atom. The van der Waals surface area contributed by atoms with Crippen LogP contribution in [0, 0.1) is 0 Å². The van der Waals surface area contributed by atoms with E-state index in [0.29, 0.717) is 0 Å². The number of nitrogen functional groups attached to an aromatic ring is 1. The van der Waals surface area contributed by atoms with Crippen LogP contribution in [0.2, 0.25) is 0 Å². The molecule has 0 fully saturated rings. The summed E-state index contributed by atoms with van der Waals surface area (Å²) in [5, 5.41) is 18.6. The van der Waals surface area contributed by atoms with Crippen molar-refractivity contribution in [1.29, 1.82) is 0 Å². The number of anilines is 1. The third-order valence-electron chi connectivity index (χ3n) is 1.80. The first kappa shape index (κ1) is 10.4. The number of hydrogen-bond acceptors (Lipinski definition) is 5. The van der Waals surface area contributed by atoms with Crippen LogP contribution in [0.15, 0.2) is 18.5 Å². The molecule has 2 unspecified atom stereocenters. The zero-order chi connectivity index (χ0) is 10.7. The highest BCUT2D eigenvalue weighted by Crippen LogP contribution is 2.21. The van der Waals surface area contributed by atoms with E-state index in [1.54, 1.807) is 0 Å². The molecule has 0 saturated heterocycles. The first-order valence-electron chi connectivity index (χ1n) is 3.89. The highest BCUT2D eigenvalue weighted by atomic mass is 16.3. The van der Waals surface area contributed by atoms with Gasteiger partial charge in [0.05, 0.1) is 0 Å². The average Bonchev–Trinajstić information content (AvgIpc) is 2.16. The van der Waals surface area contributed by atoms with E-state index in [4.69, 9.17) is 16.6 Å². The SMILES string of the molecule is NC(=O)C(O)C(O)c1cnccc1N. The van der Waals surface area contributed by atoms with Crippen LogP contribution in [0.5, 0.6) is 0 Å². The Balaban J connectivity index is 2.94. The van der Waals surface area contributed by atoms with Crippen molar-refractivity contribution < 1.29 is 15.0 Å². The summed E-state index contributed by atoms with van der Waals surface area (Å²) >= 11 is 0. The lowest BCUT2D eigenvalue weighted by atomic mass is 10.0. The molecule has 0 aromatic carbocycles. The van der Waals surface area contributed by atoms with Gasteiger partial charge in [0.2, 0.25) is 5.91 Å². The largest absolute Gasteiger partial charge is 0.398 e. The average molecular weight is 197 g/mol. The summed E-state index contributed by atoms with van der Waals surface area (Å²) in [7, 11) is 0. The molecule has 6 N–H and O–H groups in total. The maximum atomic E-state index is 10.6. The number of amides is 1. The topological polar surface area (TPSA) is 122 Å². The predicted molar refractivity (Wildman–Crippen MR) is 48.8 cm³/mol. The van der Waals surface area contributed by atoms with Gasteiger partial charge >= 0.3 is 0 Å². The third kappa shape index (κ3) is 1.98. The molecular weight excluding hydrogens is 186 g/mol. The van der Waals surface area contributed by atoms with Gasteiger partial charge in [0.1, 0.15) is 6.10 Å². The maximum Gasteiger partial charge on any atom is 0.249 e. The van der Waals surface area contributed by atoms with Crippen molar-refractivity contribution in [2.75, 3.05) is 5.73 Å². The smallest absolute Gasteiger partial charge is 0.249 e. The van der Waals surface area contributed by atoms with Gasteiger partial charge in [-0.2, -0.15) is 0 Å². The van der Waals surface area contributed by atoms with Crippen LogP contribution in [-0.2, 0) is 4.79 Å². The van der Waals surface area contributed by atoms with E-state index in [0.717, 1.165) is 0 Å². The second kappa shape index (κ2) is 4.03. The lowest BCUT2D eigenvalue weighted by Crippen LogP contribution is -2.34. The molecule has 2 atom stereocenters. The Morgan fingerprint density at radius 3 is 2.64 bits per heavy atom. The molecule has 0 aliphatic carbocycles. The lowest BCUT2D eigenvalue weighted by molar-refractivity contribution is -0.131. The summed E-state index contributed by atoms with van der Waals surface area (Å²) in [6.07, 6.45) is -0.420. The molecule has 0 bridgehead atoms. The molecule has 0 saturated carbocycles. The molecule has 0 aliphatic heterocycles. The molecule has 1 aromatic rings. The zero-order valence-electron chi connectivity index (χ0n) is 7.29. The third-order valence-corrected chi connectivity index (χ3v) is 1.80. The van der Waals surface area contributed by atoms with Crippen LogP contribution in [-0.4, -0.2) is 27.2 Å². The Bertz CT molecular complexity index is 342. The molecule has 0 radical (unpaired) electrons. The van der Waals surface area contributed by atoms with Gasteiger partial charge in [-0.1, -0.05) is 0 Å². The van der Waals surface area contributed by atoms with E-state index in [-0.39, 0.29) is 11.3 Å². The predicted octanol–water partition coefficient (Wildman–Crippen LogP) is -1.46. The lowest BCUT2D eigenvalue weighted by Gasteiger charge is -2.15. The Hall–Kier alpha value is -1.66. The van der Waals surface area contributed by atoms with Gasteiger partial charge in [0, 0.05) is 23.6 Å². The van der Waals surface area contributed by atoms with E-state index in [2.05, 4.69) is 4.98 Å². The number of rotatable bonds is 3. The second-order valence-electron chi connectivity index (χ2n) is 2.80. The van der Waals surface area contributed by atoms with E-state index in [9.17, 15) is 9.90 Å². The van der Waals surface area contributed by atoms with Gasteiger partial charge in [-0.25, -0.2) is 0 Å². The van der Waals surface area contributed by atoms with Crippen molar-refractivity contribution in [3.8, 4) is 0 Å². The monoisotopic (exact) mass is 197 g/mol. The first-order chi connectivity index (χ1) is 6.54. The molecule has 6 heteroatoms. The summed E-state index contributed by atoms with van der Waals surface area (Å²) in [5.41, 5.74) is 10.7. The highest BCUT2D eigenvalue weighted by Gasteiger charge is 2.24. The number of pyridine rings is 1. The number of carbonyl (C=O) groups is 1. The van der Waals surface area contributed by atoms with Crippen LogP contribution in [0.25, 0.3) is 0 Å². The van der Waals surface area contributed by atoms with Crippen molar-refractivity contribution in [2.24, 2.45) is 5.73 Å². The standard InChI is InChI=1S/C8H11N3O3/c9-5-1-2-11-3-4(5)6(12)7(13)8(10)14/h1-3,6-7,12-13H,(H2,9,11)(H2,10,14). The normalized spacial score (nSPS) is 14.7. The molecule has 1 heterocycles. The van der Waals surface area contributed by atoms with Crippen LogP contribution in [0.3, 0.4) is 0 Å². The Labute approximate surface area is 80.2 Å². The summed E-state index contributed by atoms with van der Waals surface area (Å²) in [6.45, 7) is 0. The fraction of sp³-hybridized carbons (Fsp3) is 0.250.